The second kappa shape index (κ2) is 7.28. The summed E-state index contributed by atoms with van der Waals surface area (Å²) in [5, 5.41) is 9.60. The SMILES string of the molecule is Cc1ccccc1N(c1cc(-c2ccc(N)cc2)sc1C(=O)O)S(=O)O. The van der Waals surface area contributed by atoms with E-state index in [-0.39, 0.29) is 10.6 Å². The average molecular weight is 388 g/mol. The second-order valence-corrected chi connectivity index (χ2v) is 7.44. The fourth-order valence-electron chi connectivity index (χ4n) is 2.56. The molecule has 1 unspecified atom stereocenters. The zero-order valence-electron chi connectivity index (χ0n) is 13.7. The van der Waals surface area contributed by atoms with Gasteiger partial charge in [0.15, 0.2) is 0 Å². The summed E-state index contributed by atoms with van der Waals surface area (Å²) < 4.78 is 23.0. The van der Waals surface area contributed by atoms with Crippen molar-refractivity contribution in [1.82, 2.24) is 0 Å². The van der Waals surface area contributed by atoms with E-state index in [4.69, 9.17) is 5.73 Å². The second-order valence-electron chi connectivity index (χ2n) is 5.56. The van der Waals surface area contributed by atoms with Crippen LogP contribution in [0.15, 0.2) is 54.6 Å². The third kappa shape index (κ3) is 3.48. The van der Waals surface area contributed by atoms with Crippen molar-refractivity contribution in [3.05, 3.63) is 65.0 Å². The molecule has 1 atom stereocenters. The van der Waals surface area contributed by atoms with Gasteiger partial charge in [0.05, 0.1) is 11.4 Å². The summed E-state index contributed by atoms with van der Waals surface area (Å²) >= 11 is -1.39. The number of benzene rings is 2. The monoisotopic (exact) mass is 388 g/mol. The molecule has 0 aliphatic carbocycles. The van der Waals surface area contributed by atoms with Crippen LogP contribution in [0.25, 0.3) is 10.4 Å². The number of carbonyl (C=O) groups is 1. The van der Waals surface area contributed by atoms with E-state index in [0.717, 1.165) is 26.8 Å². The van der Waals surface area contributed by atoms with Crippen molar-refractivity contribution in [2.45, 2.75) is 6.92 Å². The first kappa shape index (κ1) is 18.1. The molecule has 1 heterocycles. The highest BCUT2D eigenvalue weighted by atomic mass is 32.2. The predicted octanol–water partition coefficient (Wildman–Crippen LogP) is 4.28. The van der Waals surface area contributed by atoms with Crippen LogP contribution in [0.1, 0.15) is 15.2 Å². The predicted molar refractivity (Wildman–Crippen MR) is 105 cm³/mol. The molecule has 6 nitrogen and oxygen atoms in total. The lowest BCUT2D eigenvalue weighted by atomic mass is 10.1. The molecule has 0 aliphatic heterocycles. The van der Waals surface area contributed by atoms with E-state index in [1.54, 1.807) is 55.5 Å². The summed E-state index contributed by atoms with van der Waals surface area (Å²) in [6.45, 7) is 1.79. The first-order chi connectivity index (χ1) is 12.4. The van der Waals surface area contributed by atoms with Crippen molar-refractivity contribution in [2.24, 2.45) is 0 Å². The first-order valence-corrected chi connectivity index (χ1v) is 9.46. The van der Waals surface area contributed by atoms with Crippen molar-refractivity contribution in [3.63, 3.8) is 0 Å². The third-order valence-corrected chi connectivity index (χ3v) is 5.68. The molecule has 0 radical (unpaired) electrons. The highest BCUT2D eigenvalue weighted by molar-refractivity contribution is 7.81. The molecular formula is C18H16N2O4S2. The number of thiophene rings is 1. The largest absolute Gasteiger partial charge is 0.477 e. The maximum atomic E-state index is 12.1. The molecule has 0 fully saturated rings. The maximum absolute atomic E-state index is 12.1. The van der Waals surface area contributed by atoms with Crippen LogP contribution in [0.3, 0.4) is 0 Å². The van der Waals surface area contributed by atoms with Gasteiger partial charge in [-0.1, -0.05) is 30.3 Å². The van der Waals surface area contributed by atoms with Crippen LogP contribution in [-0.2, 0) is 11.3 Å². The van der Waals surface area contributed by atoms with Crippen molar-refractivity contribution in [1.29, 1.82) is 0 Å². The number of nitrogens with zero attached hydrogens (tertiary/aromatic N) is 1. The van der Waals surface area contributed by atoms with Crippen molar-refractivity contribution in [3.8, 4) is 10.4 Å². The van der Waals surface area contributed by atoms with Crippen LogP contribution in [-0.4, -0.2) is 19.8 Å². The number of hydrogen-bond acceptors (Lipinski definition) is 4. The molecule has 4 N–H and O–H groups in total. The lowest BCUT2D eigenvalue weighted by Crippen LogP contribution is -2.21. The van der Waals surface area contributed by atoms with Gasteiger partial charge in [0.25, 0.3) is 11.3 Å². The Balaban J connectivity index is 2.18. The zero-order valence-corrected chi connectivity index (χ0v) is 15.4. The van der Waals surface area contributed by atoms with Crippen molar-refractivity contribution in [2.75, 3.05) is 10.0 Å². The smallest absolute Gasteiger partial charge is 0.348 e. The van der Waals surface area contributed by atoms with Gasteiger partial charge in [0, 0.05) is 10.6 Å². The number of aromatic carboxylic acids is 1. The number of nitrogen functional groups attached to an aromatic ring is 1. The summed E-state index contributed by atoms with van der Waals surface area (Å²) in [5.41, 5.74) is 8.48. The number of hydrogen-bond donors (Lipinski definition) is 3. The number of rotatable bonds is 5. The van der Waals surface area contributed by atoms with E-state index in [1.165, 1.54) is 0 Å². The molecular weight excluding hydrogens is 372 g/mol. The Bertz CT molecular complexity index is 983. The molecule has 8 heteroatoms. The van der Waals surface area contributed by atoms with Gasteiger partial charge >= 0.3 is 5.97 Å². The van der Waals surface area contributed by atoms with Crippen LogP contribution in [0.2, 0.25) is 0 Å². The van der Waals surface area contributed by atoms with Gasteiger partial charge in [-0.25, -0.2) is 13.3 Å². The number of para-hydroxylation sites is 1. The van der Waals surface area contributed by atoms with Gasteiger partial charge in [-0.3, -0.25) is 4.55 Å². The number of anilines is 3. The molecule has 0 bridgehead atoms. The lowest BCUT2D eigenvalue weighted by molar-refractivity contribution is 0.0703. The molecule has 0 spiro atoms. The molecule has 0 saturated heterocycles. The van der Waals surface area contributed by atoms with Gasteiger partial charge in [-0.15, -0.1) is 11.3 Å². The minimum Gasteiger partial charge on any atom is -0.477 e. The molecule has 0 saturated carbocycles. The Kier molecular flexibility index (Phi) is 5.08. The van der Waals surface area contributed by atoms with E-state index in [0.29, 0.717) is 16.3 Å². The summed E-state index contributed by atoms with van der Waals surface area (Å²) in [6, 6.07) is 15.6. The highest BCUT2D eigenvalue weighted by Crippen LogP contribution is 2.41. The Morgan fingerprint density at radius 1 is 1.12 bits per heavy atom. The standard InChI is InChI=1S/C18H16N2O4S2/c1-11-4-2-3-5-14(11)20(26(23)24)15-10-16(25-17(15)18(21)22)12-6-8-13(19)9-7-12/h2-10H,19H2,1H3,(H,21,22)(H,23,24). The van der Waals surface area contributed by atoms with Crippen molar-refractivity contribution < 1.29 is 18.7 Å². The van der Waals surface area contributed by atoms with Gasteiger partial charge in [-0.05, 0) is 42.3 Å². The molecule has 3 rings (SSSR count). The zero-order chi connectivity index (χ0) is 18.8. The van der Waals surface area contributed by atoms with Crippen LogP contribution in [0.4, 0.5) is 17.1 Å². The quantitative estimate of drug-likeness (QED) is 0.447. The molecule has 134 valence electrons. The van der Waals surface area contributed by atoms with E-state index in [2.05, 4.69) is 0 Å². The van der Waals surface area contributed by atoms with Crippen LogP contribution < -0.4 is 10.0 Å². The fourth-order valence-corrected chi connectivity index (χ4v) is 4.29. The topological polar surface area (TPSA) is 104 Å². The average Bonchev–Trinajstić information content (AvgIpc) is 3.02. The molecule has 0 amide bonds. The molecule has 2 aromatic carbocycles. The van der Waals surface area contributed by atoms with Gasteiger partial charge in [0.2, 0.25) is 0 Å². The van der Waals surface area contributed by atoms with Crippen molar-refractivity contribution >= 4 is 45.6 Å². The number of nitrogens with two attached hydrogens (primary N) is 1. The van der Waals surface area contributed by atoms with E-state index in [9.17, 15) is 18.7 Å². The maximum Gasteiger partial charge on any atom is 0.348 e. The minimum absolute atomic E-state index is 0.0116. The fraction of sp³-hybridized carbons (Fsp3) is 0.0556. The van der Waals surface area contributed by atoms with E-state index in [1.807, 2.05) is 6.07 Å². The Hall–Kier alpha value is -2.68. The van der Waals surface area contributed by atoms with E-state index >= 15 is 0 Å². The minimum atomic E-state index is -2.43. The summed E-state index contributed by atoms with van der Waals surface area (Å²) in [5.74, 6) is -1.16. The van der Waals surface area contributed by atoms with E-state index < -0.39 is 17.2 Å². The Morgan fingerprint density at radius 2 is 1.77 bits per heavy atom. The Morgan fingerprint density at radius 3 is 2.35 bits per heavy atom. The summed E-state index contributed by atoms with van der Waals surface area (Å²) in [4.78, 5) is 12.4. The lowest BCUT2D eigenvalue weighted by Gasteiger charge is -2.21. The van der Waals surface area contributed by atoms with Gasteiger partial charge in [0.1, 0.15) is 4.88 Å². The van der Waals surface area contributed by atoms with Crippen LogP contribution >= 0.6 is 11.3 Å². The summed E-state index contributed by atoms with van der Waals surface area (Å²) in [6.07, 6.45) is 0. The molecule has 0 aliphatic rings. The van der Waals surface area contributed by atoms with Crippen LogP contribution in [0, 0.1) is 6.92 Å². The normalized spacial score (nSPS) is 11.9. The number of carboxylic acids is 1. The van der Waals surface area contributed by atoms with Gasteiger partial charge < -0.3 is 10.8 Å². The Labute approximate surface area is 156 Å². The third-order valence-electron chi connectivity index (χ3n) is 3.81. The highest BCUT2D eigenvalue weighted by Gasteiger charge is 2.26. The first-order valence-electron chi connectivity index (χ1n) is 7.58. The molecule has 1 aromatic heterocycles. The molecule has 3 aromatic rings. The summed E-state index contributed by atoms with van der Waals surface area (Å²) in [7, 11) is 0. The number of aryl methyl sites for hydroxylation is 1. The van der Waals surface area contributed by atoms with Crippen LogP contribution in [0.5, 0.6) is 0 Å². The molecule has 26 heavy (non-hydrogen) atoms. The van der Waals surface area contributed by atoms with Gasteiger partial charge in [-0.2, -0.15) is 0 Å². The number of carboxylic acid groups (broad SMARTS) is 1.